The molecule has 0 unspecified atom stereocenters. The van der Waals surface area contributed by atoms with Crippen molar-refractivity contribution >= 4 is 28.5 Å². The van der Waals surface area contributed by atoms with E-state index in [-0.39, 0.29) is 18.2 Å². The van der Waals surface area contributed by atoms with Gasteiger partial charge < -0.3 is 4.57 Å². The average molecular weight is 333 g/mol. The molecule has 25 heavy (non-hydrogen) atoms. The first kappa shape index (κ1) is 15.6. The van der Waals surface area contributed by atoms with Gasteiger partial charge in [0.1, 0.15) is 6.04 Å². The average Bonchev–Trinajstić information content (AvgIpc) is 3.08. The summed E-state index contributed by atoms with van der Waals surface area (Å²) in [5.41, 5.74) is 5.68. The number of amides is 2. The summed E-state index contributed by atoms with van der Waals surface area (Å²) < 4.78 is 1.83. The van der Waals surface area contributed by atoms with Crippen LogP contribution in [-0.2, 0) is 9.59 Å². The third kappa shape index (κ3) is 2.43. The van der Waals surface area contributed by atoms with E-state index in [1.54, 1.807) is 12.4 Å². The molecule has 1 aliphatic heterocycles. The Morgan fingerprint density at radius 1 is 1.04 bits per heavy atom. The molecular formula is C20H19N3O2. The molecule has 1 saturated heterocycles. The van der Waals surface area contributed by atoms with Crippen molar-refractivity contribution in [3.8, 4) is 0 Å². The van der Waals surface area contributed by atoms with E-state index in [2.05, 4.69) is 4.98 Å². The molecule has 2 heterocycles. The van der Waals surface area contributed by atoms with Crippen molar-refractivity contribution in [1.82, 2.24) is 9.55 Å². The van der Waals surface area contributed by atoms with Crippen molar-refractivity contribution < 1.29 is 9.59 Å². The number of anilines is 1. The predicted molar refractivity (Wildman–Crippen MR) is 96.5 cm³/mol. The van der Waals surface area contributed by atoms with E-state index in [1.807, 2.05) is 55.7 Å². The van der Waals surface area contributed by atoms with E-state index in [9.17, 15) is 9.59 Å². The fourth-order valence-corrected chi connectivity index (χ4v) is 3.40. The van der Waals surface area contributed by atoms with E-state index in [0.29, 0.717) is 5.69 Å². The first-order valence-corrected chi connectivity index (χ1v) is 8.33. The van der Waals surface area contributed by atoms with Gasteiger partial charge in [0.15, 0.2) is 0 Å². The van der Waals surface area contributed by atoms with Crippen LogP contribution in [0.1, 0.15) is 29.2 Å². The fraction of sp³-hybridized carbons (Fsp3) is 0.250. The Bertz CT molecular complexity index is 1020. The molecule has 3 aromatic rings. The summed E-state index contributed by atoms with van der Waals surface area (Å²) in [7, 11) is 0. The fourth-order valence-electron chi connectivity index (χ4n) is 3.40. The molecule has 5 nitrogen and oxygen atoms in total. The molecule has 0 aliphatic carbocycles. The van der Waals surface area contributed by atoms with Crippen molar-refractivity contribution in [2.24, 2.45) is 0 Å². The van der Waals surface area contributed by atoms with Crippen LogP contribution in [-0.4, -0.2) is 21.4 Å². The lowest BCUT2D eigenvalue weighted by Gasteiger charge is -2.16. The number of aryl methyl sites for hydroxylation is 3. The minimum atomic E-state index is -0.542. The van der Waals surface area contributed by atoms with Gasteiger partial charge in [-0.1, -0.05) is 12.1 Å². The van der Waals surface area contributed by atoms with Gasteiger partial charge in [0.2, 0.25) is 5.91 Å². The summed E-state index contributed by atoms with van der Waals surface area (Å²) in [5.74, 6) is -0.376. The van der Waals surface area contributed by atoms with Gasteiger partial charge in [-0.15, -0.1) is 0 Å². The number of carbonyl (C=O) groups is 2. The van der Waals surface area contributed by atoms with Crippen molar-refractivity contribution in [1.29, 1.82) is 0 Å². The maximum absolute atomic E-state index is 13.0. The third-order valence-electron chi connectivity index (χ3n) is 4.91. The number of imide groups is 1. The highest BCUT2D eigenvalue weighted by Gasteiger charge is 2.41. The van der Waals surface area contributed by atoms with E-state index in [0.717, 1.165) is 27.7 Å². The molecule has 1 aromatic heterocycles. The van der Waals surface area contributed by atoms with Gasteiger partial charge in [0.25, 0.3) is 5.91 Å². The van der Waals surface area contributed by atoms with E-state index in [1.165, 1.54) is 4.90 Å². The number of imidazole rings is 1. The second-order valence-corrected chi connectivity index (χ2v) is 6.70. The Morgan fingerprint density at radius 2 is 1.80 bits per heavy atom. The van der Waals surface area contributed by atoms with Gasteiger partial charge in [-0.2, -0.15) is 0 Å². The number of fused-ring (bicyclic) bond motifs is 1. The lowest BCUT2D eigenvalue weighted by Crippen LogP contribution is -2.31. The molecule has 1 fully saturated rings. The van der Waals surface area contributed by atoms with Gasteiger partial charge in [0.05, 0.1) is 29.5 Å². The maximum Gasteiger partial charge on any atom is 0.257 e. The quantitative estimate of drug-likeness (QED) is 0.675. The van der Waals surface area contributed by atoms with Gasteiger partial charge in [-0.3, -0.25) is 9.59 Å². The Morgan fingerprint density at radius 3 is 2.56 bits per heavy atom. The molecule has 1 atom stereocenters. The number of aromatic nitrogens is 2. The van der Waals surface area contributed by atoms with Crippen LogP contribution in [0, 0.1) is 20.8 Å². The van der Waals surface area contributed by atoms with Gasteiger partial charge >= 0.3 is 0 Å². The van der Waals surface area contributed by atoms with Crippen molar-refractivity contribution in [3.63, 3.8) is 0 Å². The Kier molecular flexibility index (Phi) is 3.46. The van der Waals surface area contributed by atoms with E-state index < -0.39 is 6.04 Å². The normalized spacial score (nSPS) is 17.7. The first-order chi connectivity index (χ1) is 12.0. The predicted octanol–water partition coefficient (Wildman–Crippen LogP) is 3.47. The summed E-state index contributed by atoms with van der Waals surface area (Å²) in [5, 5.41) is 0. The number of hydrogen-bond acceptors (Lipinski definition) is 3. The highest BCUT2D eigenvalue weighted by Crippen LogP contribution is 2.32. The van der Waals surface area contributed by atoms with Crippen LogP contribution in [0.4, 0.5) is 5.69 Å². The Hall–Kier alpha value is -2.95. The molecule has 1 aliphatic rings. The van der Waals surface area contributed by atoms with E-state index >= 15 is 0 Å². The maximum atomic E-state index is 13.0. The van der Waals surface area contributed by atoms with Crippen LogP contribution >= 0.6 is 0 Å². The Labute approximate surface area is 145 Å². The summed E-state index contributed by atoms with van der Waals surface area (Å²) in [6.45, 7) is 6.02. The zero-order valence-electron chi connectivity index (χ0n) is 14.5. The number of nitrogens with zero attached hydrogens (tertiary/aromatic N) is 3. The summed E-state index contributed by atoms with van der Waals surface area (Å²) in [6.07, 6.45) is 1.82. The highest BCUT2D eigenvalue weighted by molar-refractivity contribution is 6.21. The zero-order chi connectivity index (χ0) is 17.7. The number of rotatable bonds is 2. The van der Waals surface area contributed by atoms with Gasteiger partial charge in [-0.05, 0) is 61.7 Å². The molecule has 0 spiro atoms. The minimum absolute atomic E-state index is 0.158. The summed E-state index contributed by atoms with van der Waals surface area (Å²) >= 11 is 0. The molecule has 0 saturated carbocycles. The highest BCUT2D eigenvalue weighted by atomic mass is 16.2. The molecular weight excluding hydrogens is 314 g/mol. The molecule has 5 heteroatoms. The van der Waals surface area contributed by atoms with Gasteiger partial charge in [-0.25, -0.2) is 9.88 Å². The van der Waals surface area contributed by atoms with Crippen LogP contribution in [0.25, 0.3) is 11.0 Å². The van der Waals surface area contributed by atoms with Crippen molar-refractivity contribution in [2.45, 2.75) is 33.2 Å². The van der Waals surface area contributed by atoms with E-state index in [4.69, 9.17) is 0 Å². The van der Waals surface area contributed by atoms with Crippen LogP contribution < -0.4 is 4.90 Å². The second kappa shape index (κ2) is 5.55. The smallest absolute Gasteiger partial charge is 0.257 e. The lowest BCUT2D eigenvalue weighted by molar-refractivity contribution is -0.122. The molecule has 126 valence electrons. The lowest BCUT2D eigenvalue weighted by atomic mass is 10.1. The number of carbonyl (C=O) groups excluding carboxylic acids is 2. The van der Waals surface area contributed by atoms with Crippen molar-refractivity contribution in [3.05, 3.63) is 59.4 Å². The molecule has 0 radical (unpaired) electrons. The second-order valence-electron chi connectivity index (χ2n) is 6.70. The molecule has 2 aromatic carbocycles. The number of hydrogen-bond donors (Lipinski definition) is 0. The first-order valence-electron chi connectivity index (χ1n) is 8.33. The number of benzene rings is 2. The monoisotopic (exact) mass is 333 g/mol. The minimum Gasteiger partial charge on any atom is -0.317 e. The molecule has 0 bridgehead atoms. The molecule has 0 N–H and O–H groups in total. The zero-order valence-corrected chi connectivity index (χ0v) is 14.5. The van der Waals surface area contributed by atoms with Crippen LogP contribution in [0.2, 0.25) is 0 Å². The van der Waals surface area contributed by atoms with Crippen LogP contribution in [0.5, 0.6) is 0 Å². The summed E-state index contributed by atoms with van der Waals surface area (Å²) in [4.78, 5) is 31.2. The van der Waals surface area contributed by atoms with Gasteiger partial charge in [0, 0.05) is 0 Å². The largest absolute Gasteiger partial charge is 0.317 e. The SMILES string of the molecule is Cc1cccc(N2C(=O)C[C@H](n3cnc4cc(C)c(C)cc43)C2=O)c1. The van der Waals surface area contributed by atoms with Crippen LogP contribution in [0.3, 0.4) is 0 Å². The van der Waals surface area contributed by atoms with Crippen molar-refractivity contribution in [2.75, 3.05) is 4.90 Å². The third-order valence-corrected chi connectivity index (χ3v) is 4.91. The molecule has 2 amide bonds. The van der Waals surface area contributed by atoms with Crippen LogP contribution in [0.15, 0.2) is 42.7 Å². The topological polar surface area (TPSA) is 55.2 Å². The summed E-state index contributed by atoms with van der Waals surface area (Å²) in [6, 6.07) is 11.0. The Balaban J connectivity index is 1.77. The molecule has 4 rings (SSSR count). The standard InChI is InChI=1S/C20H19N3O2/c1-12-5-4-6-15(7-12)23-19(24)10-18(20(23)25)22-11-21-16-8-13(2)14(3)9-17(16)22/h4-9,11,18H,10H2,1-3H3/t18-/m0/s1.